The number of rotatable bonds is 2. The van der Waals surface area contributed by atoms with Crippen molar-refractivity contribution in [2.24, 2.45) is 0 Å². The Balaban J connectivity index is 2.53. The lowest BCUT2D eigenvalue weighted by Gasteiger charge is -2.17. The molecule has 19 heavy (non-hydrogen) atoms. The van der Waals surface area contributed by atoms with E-state index in [2.05, 4.69) is 15.9 Å². The van der Waals surface area contributed by atoms with E-state index in [0.717, 1.165) is 22.3 Å². The third kappa shape index (κ3) is 2.98. The Morgan fingerprint density at radius 2 is 1.58 bits per heavy atom. The summed E-state index contributed by atoms with van der Waals surface area (Å²) >= 11 is 9.79. The predicted octanol–water partition coefficient (Wildman–Crippen LogP) is 5.67. The Morgan fingerprint density at radius 3 is 2.11 bits per heavy atom. The monoisotopic (exact) mass is 344 g/mol. The van der Waals surface area contributed by atoms with Crippen LogP contribution >= 0.6 is 27.5 Å². The Bertz CT molecular complexity index is 603. The lowest BCUT2D eigenvalue weighted by Crippen LogP contribution is -2.01. The molecular weight excluding hydrogens is 334 g/mol. The van der Waals surface area contributed by atoms with Crippen LogP contribution in [0.15, 0.2) is 34.8 Å². The van der Waals surface area contributed by atoms with Crippen LogP contribution in [0.25, 0.3) is 0 Å². The van der Waals surface area contributed by atoms with Crippen LogP contribution in [-0.4, -0.2) is 0 Å². The quantitative estimate of drug-likeness (QED) is 0.615. The number of aryl methyl sites for hydroxylation is 2. The van der Waals surface area contributed by atoms with Crippen molar-refractivity contribution in [3.8, 4) is 0 Å². The molecule has 0 amide bonds. The minimum absolute atomic E-state index is 0.277. The van der Waals surface area contributed by atoms with Crippen LogP contribution in [0.3, 0.4) is 0 Å². The topological polar surface area (TPSA) is 0 Å². The van der Waals surface area contributed by atoms with E-state index in [1.807, 2.05) is 13.8 Å². The Hall–Kier alpha value is -0.930. The summed E-state index contributed by atoms with van der Waals surface area (Å²) in [5.74, 6) is -0.604. The van der Waals surface area contributed by atoms with Crippen LogP contribution in [0, 0.1) is 25.5 Å². The van der Waals surface area contributed by atoms with Gasteiger partial charge in [-0.15, -0.1) is 11.6 Å². The van der Waals surface area contributed by atoms with E-state index in [9.17, 15) is 8.78 Å². The Kier molecular flexibility index (Phi) is 4.26. The molecule has 0 aliphatic carbocycles. The highest BCUT2D eigenvalue weighted by molar-refractivity contribution is 9.10. The van der Waals surface area contributed by atoms with E-state index in [1.54, 1.807) is 6.07 Å². The van der Waals surface area contributed by atoms with Gasteiger partial charge in [0.1, 0.15) is 11.6 Å². The largest absolute Gasteiger partial charge is 0.207 e. The molecule has 0 radical (unpaired) electrons. The first-order valence-electron chi connectivity index (χ1n) is 5.76. The first kappa shape index (κ1) is 14.5. The second-order valence-corrected chi connectivity index (χ2v) is 5.77. The normalized spacial score (nSPS) is 12.5. The van der Waals surface area contributed by atoms with Gasteiger partial charge < -0.3 is 0 Å². The molecule has 2 rings (SSSR count). The van der Waals surface area contributed by atoms with Crippen LogP contribution in [0.5, 0.6) is 0 Å². The summed E-state index contributed by atoms with van der Waals surface area (Å²) in [6, 6.07) is 7.28. The van der Waals surface area contributed by atoms with E-state index < -0.39 is 5.38 Å². The molecule has 0 aromatic heterocycles. The SMILES string of the molecule is Cc1cc(F)cc(C)c1C(Cl)c1ccc(F)cc1Br. The summed E-state index contributed by atoms with van der Waals surface area (Å²) in [5, 5.41) is -0.449. The first-order valence-corrected chi connectivity index (χ1v) is 6.98. The van der Waals surface area contributed by atoms with Gasteiger partial charge in [-0.05, 0) is 60.4 Å². The zero-order valence-electron chi connectivity index (χ0n) is 10.5. The standard InChI is InChI=1S/C15H12BrClF2/c1-8-5-11(19)6-9(2)14(8)15(17)12-4-3-10(18)7-13(12)16/h3-7,15H,1-2H3. The molecule has 0 nitrogen and oxygen atoms in total. The van der Waals surface area contributed by atoms with E-state index in [0.29, 0.717) is 4.47 Å². The second kappa shape index (κ2) is 5.59. The average Bonchev–Trinajstić information content (AvgIpc) is 2.26. The Labute approximate surface area is 124 Å². The first-order chi connectivity index (χ1) is 8.90. The van der Waals surface area contributed by atoms with Crippen LogP contribution in [0.1, 0.15) is 27.6 Å². The van der Waals surface area contributed by atoms with Crippen molar-refractivity contribution in [2.45, 2.75) is 19.2 Å². The van der Waals surface area contributed by atoms with Crippen molar-refractivity contribution in [2.75, 3.05) is 0 Å². The highest BCUT2D eigenvalue weighted by Crippen LogP contribution is 2.37. The summed E-state index contributed by atoms with van der Waals surface area (Å²) < 4.78 is 27.0. The maximum Gasteiger partial charge on any atom is 0.124 e. The number of hydrogen-bond donors (Lipinski definition) is 0. The highest BCUT2D eigenvalue weighted by atomic mass is 79.9. The van der Waals surface area contributed by atoms with Gasteiger partial charge in [-0.2, -0.15) is 0 Å². The summed E-state index contributed by atoms with van der Waals surface area (Å²) in [5.41, 5.74) is 3.19. The van der Waals surface area contributed by atoms with Crippen molar-refractivity contribution in [3.63, 3.8) is 0 Å². The van der Waals surface area contributed by atoms with E-state index in [1.165, 1.54) is 24.3 Å². The molecule has 0 heterocycles. The molecule has 0 aliphatic heterocycles. The van der Waals surface area contributed by atoms with Gasteiger partial charge in [0, 0.05) is 4.47 Å². The third-order valence-electron chi connectivity index (χ3n) is 3.05. The molecule has 0 N–H and O–H groups in total. The third-order valence-corrected chi connectivity index (χ3v) is 4.19. The fraction of sp³-hybridized carbons (Fsp3) is 0.200. The van der Waals surface area contributed by atoms with Gasteiger partial charge in [0.2, 0.25) is 0 Å². The van der Waals surface area contributed by atoms with Crippen molar-refractivity contribution in [1.29, 1.82) is 0 Å². The lowest BCUT2D eigenvalue weighted by atomic mass is 9.95. The summed E-state index contributed by atoms with van der Waals surface area (Å²) in [7, 11) is 0. The minimum atomic E-state index is -0.449. The smallest absolute Gasteiger partial charge is 0.124 e. The molecule has 0 aliphatic rings. The van der Waals surface area contributed by atoms with Gasteiger partial charge in [0.25, 0.3) is 0 Å². The zero-order valence-corrected chi connectivity index (χ0v) is 12.8. The maximum atomic E-state index is 13.3. The second-order valence-electron chi connectivity index (χ2n) is 4.48. The molecule has 1 unspecified atom stereocenters. The molecule has 0 bridgehead atoms. The van der Waals surface area contributed by atoms with Gasteiger partial charge in [-0.1, -0.05) is 22.0 Å². The van der Waals surface area contributed by atoms with E-state index in [4.69, 9.17) is 11.6 Å². The highest BCUT2D eigenvalue weighted by Gasteiger charge is 2.19. The zero-order chi connectivity index (χ0) is 14.2. The van der Waals surface area contributed by atoms with Crippen molar-refractivity contribution < 1.29 is 8.78 Å². The molecule has 4 heteroatoms. The van der Waals surface area contributed by atoms with Gasteiger partial charge in [-0.25, -0.2) is 8.78 Å². The van der Waals surface area contributed by atoms with Gasteiger partial charge in [-0.3, -0.25) is 0 Å². The minimum Gasteiger partial charge on any atom is -0.207 e. The van der Waals surface area contributed by atoms with Crippen LogP contribution < -0.4 is 0 Å². The predicted molar refractivity (Wildman–Crippen MR) is 77.7 cm³/mol. The van der Waals surface area contributed by atoms with Gasteiger partial charge in [0.15, 0.2) is 0 Å². The molecular formula is C15H12BrClF2. The molecule has 0 fully saturated rings. The fourth-order valence-electron chi connectivity index (χ4n) is 2.18. The maximum absolute atomic E-state index is 13.3. The molecule has 0 spiro atoms. The van der Waals surface area contributed by atoms with Crippen molar-refractivity contribution in [3.05, 3.63) is 68.7 Å². The van der Waals surface area contributed by atoms with Crippen molar-refractivity contribution >= 4 is 27.5 Å². The van der Waals surface area contributed by atoms with Crippen LogP contribution in [0.2, 0.25) is 0 Å². The molecule has 0 saturated heterocycles. The Morgan fingerprint density at radius 1 is 1.00 bits per heavy atom. The molecule has 100 valence electrons. The lowest BCUT2D eigenvalue weighted by molar-refractivity contribution is 0.624. The van der Waals surface area contributed by atoms with E-state index >= 15 is 0 Å². The summed E-state index contributed by atoms with van der Waals surface area (Å²) in [4.78, 5) is 0. The number of hydrogen-bond acceptors (Lipinski definition) is 0. The number of alkyl halides is 1. The molecule has 2 aromatic rings. The van der Waals surface area contributed by atoms with Crippen molar-refractivity contribution in [1.82, 2.24) is 0 Å². The van der Waals surface area contributed by atoms with E-state index in [-0.39, 0.29) is 11.6 Å². The summed E-state index contributed by atoms with van der Waals surface area (Å²) in [6.45, 7) is 3.64. The molecule has 2 aromatic carbocycles. The number of halogens is 4. The summed E-state index contributed by atoms with van der Waals surface area (Å²) in [6.07, 6.45) is 0. The molecule has 0 saturated carbocycles. The average molecular weight is 346 g/mol. The van der Waals surface area contributed by atoms with Gasteiger partial charge in [0.05, 0.1) is 5.38 Å². The van der Waals surface area contributed by atoms with Crippen LogP contribution in [0.4, 0.5) is 8.78 Å². The number of benzene rings is 2. The van der Waals surface area contributed by atoms with Gasteiger partial charge >= 0.3 is 0 Å². The fourth-order valence-corrected chi connectivity index (χ4v) is 3.43. The molecule has 1 atom stereocenters. The van der Waals surface area contributed by atoms with Crippen LogP contribution in [-0.2, 0) is 0 Å².